The standard InChI is InChI=1S/C30H35ClN2O3/c1-21(2)25-12-16-27(17-13-25)36-20-29(34)33(19-24-10-14-26(31)15-11-24)28(30(35)32-22(3)4)18-23-8-6-5-7-9-23/h5-17,21-22,28H,18-20H2,1-4H3,(H,32,35)/t28-/m1/s1. The number of halogens is 1. The maximum absolute atomic E-state index is 13.6. The lowest BCUT2D eigenvalue weighted by molar-refractivity contribution is -0.143. The molecule has 2 amide bonds. The van der Waals surface area contributed by atoms with Crippen LogP contribution in [0.3, 0.4) is 0 Å². The van der Waals surface area contributed by atoms with Gasteiger partial charge in [-0.25, -0.2) is 0 Å². The lowest BCUT2D eigenvalue weighted by atomic mass is 10.0. The fourth-order valence-corrected chi connectivity index (χ4v) is 4.02. The van der Waals surface area contributed by atoms with E-state index in [0.717, 1.165) is 11.1 Å². The molecule has 3 aromatic rings. The molecule has 0 saturated heterocycles. The van der Waals surface area contributed by atoms with Gasteiger partial charge in [-0.15, -0.1) is 0 Å². The van der Waals surface area contributed by atoms with Crippen LogP contribution in [0.1, 0.15) is 50.3 Å². The number of hydrogen-bond donors (Lipinski definition) is 1. The number of hydrogen-bond acceptors (Lipinski definition) is 3. The highest BCUT2D eigenvalue weighted by atomic mass is 35.5. The minimum atomic E-state index is -0.704. The molecule has 0 bridgehead atoms. The van der Waals surface area contributed by atoms with Crippen LogP contribution in [0, 0.1) is 0 Å². The van der Waals surface area contributed by atoms with Gasteiger partial charge in [0.1, 0.15) is 11.8 Å². The fourth-order valence-electron chi connectivity index (χ4n) is 3.90. The van der Waals surface area contributed by atoms with Crippen molar-refractivity contribution in [3.63, 3.8) is 0 Å². The first-order chi connectivity index (χ1) is 17.2. The average molecular weight is 507 g/mol. The Hall–Kier alpha value is -3.31. The summed E-state index contributed by atoms with van der Waals surface area (Å²) in [7, 11) is 0. The predicted octanol–water partition coefficient (Wildman–Crippen LogP) is 6.01. The molecule has 0 unspecified atom stereocenters. The average Bonchev–Trinajstić information content (AvgIpc) is 2.86. The van der Waals surface area contributed by atoms with Crippen LogP contribution in [0.2, 0.25) is 5.02 Å². The van der Waals surface area contributed by atoms with Crippen LogP contribution in [0.4, 0.5) is 0 Å². The molecule has 0 aliphatic heterocycles. The van der Waals surface area contributed by atoms with E-state index in [4.69, 9.17) is 16.3 Å². The van der Waals surface area contributed by atoms with Crippen LogP contribution in [-0.2, 0) is 22.6 Å². The Kier molecular flexibility index (Phi) is 9.95. The zero-order valence-electron chi connectivity index (χ0n) is 21.4. The quantitative estimate of drug-likeness (QED) is 0.346. The first-order valence-electron chi connectivity index (χ1n) is 12.3. The SMILES string of the molecule is CC(C)NC(=O)[C@@H](Cc1ccccc1)N(Cc1ccc(Cl)cc1)C(=O)COc1ccc(C(C)C)cc1. The molecule has 1 N–H and O–H groups in total. The van der Waals surface area contributed by atoms with Crippen molar-refractivity contribution in [2.24, 2.45) is 0 Å². The van der Waals surface area contributed by atoms with Gasteiger partial charge in [-0.2, -0.15) is 0 Å². The normalized spacial score (nSPS) is 11.9. The van der Waals surface area contributed by atoms with Crippen LogP contribution >= 0.6 is 11.6 Å². The number of nitrogens with one attached hydrogen (secondary N) is 1. The third-order valence-corrected chi connectivity index (χ3v) is 6.13. The maximum atomic E-state index is 13.6. The smallest absolute Gasteiger partial charge is 0.261 e. The molecule has 36 heavy (non-hydrogen) atoms. The third kappa shape index (κ3) is 8.13. The Balaban J connectivity index is 1.87. The third-order valence-electron chi connectivity index (χ3n) is 5.88. The van der Waals surface area contributed by atoms with Gasteiger partial charge in [0.25, 0.3) is 5.91 Å². The van der Waals surface area contributed by atoms with Gasteiger partial charge in [0, 0.05) is 24.0 Å². The molecule has 0 heterocycles. The van der Waals surface area contributed by atoms with Crippen molar-refractivity contribution in [2.75, 3.05) is 6.61 Å². The predicted molar refractivity (Wildman–Crippen MR) is 145 cm³/mol. The second kappa shape index (κ2) is 13.1. The fraction of sp³-hybridized carbons (Fsp3) is 0.333. The van der Waals surface area contributed by atoms with Crippen LogP contribution < -0.4 is 10.1 Å². The van der Waals surface area contributed by atoms with Crippen molar-refractivity contribution in [1.82, 2.24) is 10.2 Å². The molecule has 0 saturated carbocycles. The van der Waals surface area contributed by atoms with E-state index in [2.05, 4.69) is 19.2 Å². The molecule has 6 heteroatoms. The van der Waals surface area contributed by atoms with E-state index in [1.165, 1.54) is 5.56 Å². The molecule has 0 aliphatic rings. The first-order valence-corrected chi connectivity index (χ1v) is 12.7. The number of benzene rings is 3. The number of nitrogens with zero attached hydrogens (tertiary/aromatic N) is 1. The lowest BCUT2D eigenvalue weighted by Gasteiger charge is -2.32. The van der Waals surface area contributed by atoms with E-state index in [9.17, 15) is 9.59 Å². The van der Waals surface area contributed by atoms with E-state index in [0.29, 0.717) is 23.1 Å². The highest BCUT2D eigenvalue weighted by Gasteiger charge is 2.31. The Bertz CT molecular complexity index is 1110. The minimum absolute atomic E-state index is 0.0565. The van der Waals surface area contributed by atoms with Crippen molar-refractivity contribution in [2.45, 2.75) is 58.7 Å². The van der Waals surface area contributed by atoms with Gasteiger partial charge in [0.15, 0.2) is 6.61 Å². The molecule has 3 aromatic carbocycles. The Morgan fingerprint density at radius 2 is 1.50 bits per heavy atom. The molecular weight excluding hydrogens is 472 g/mol. The topological polar surface area (TPSA) is 58.6 Å². The number of carbonyl (C=O) groups excluding carboxylic acids is 2. The first kappa shape index (κ1) is 27.3. The van der Waals surface area contributed by atoms with Gasteiger partial charge in [0.2, 0.25) is 5.91 Å². The molecule has 0 aliphatic carbocycles. The molecule has 0 fully saturated rings. The van der Waals surface area contributed by atoms with E-state index in [1.54, 1.807) is 17.0 Å². The van der Waals surface area contributed by atoms with Gasteiger partial charge < -0.3 is 15.0 Å². The largest absolute Gasteiger partial charge is 0.484 e. The summed E-state index contributed by atoms with van der Waals surface area (Å²) < 4.78 is 5.86. The van der Waals surface area contributed by atoms with Gasteiger partial charge in [-0.05, 0) is 60.7 Å². The molecule has 5 nitrogen and oxygen atoms in total. The second-order valence-corrected chi connectivity index (χ2v) is 9.97. The minimum Gasteiger partial charge on any atom is -0.484 e. The summed E-state index contributed by atoms with van der Waals surface area (Å²) in [6.45, 7) is 8.16. The molecule has 1 atom stereocenters. The number of amides is 2. The van der Waals surface area contributed by atoms with E-state index in [-0.39, 0.29) is 31.0 Å². The van der Waals surface area contributed by atoms with Gasteiger partial charge >= 0.3 is 0 Å². The summed E-state index contributed by atoms with van der Waals surface area (Å²) in [6, 6.07) is 24.0. The molecule has 190 valence electrons. The Labute approximate surface area is 219 Å². The second-order valence-electron chi connectivity index (χ2n) is 9.53. The van der Waals surface area contributed by atoms with Crippen LogP contribution in [0.5, 0.6) is 5.75 Å². The van der Waals surface area contributed by atoms with Crippen LogP contribution in [0.25, 0.3) is 0 Å². The Morgan fingerprint density at radius 1 is 0.861 bits per heavy atom. The summed E-state index contributed by atoms with van der Waals surface area (Å²) in [6.07, 6.45) is 0.391. The Morgan fingerprint density at radius 3 is 2.08 bits per heavy atom. The van der Waals surface area contributed by atoms with Crippen molar-refractivity contribution < 1.29 is 14.3 Å². The maximum Gasteiger partial charge on any atom is 0.261 e. The summed E-state index contributed by atoms with van der Waals surface area (Å²) in [4.78, 5) is 28.5. The zero-order valence-corrected chi connectivity index (χ0v) is 22.2. The van der Waals surface area contributed by atoms with E-state index < -0.39 is 6.04 Å². The summed E-state index contributed by atoms with van der Waals surface area (Å²) in [5, 5.41) is 3.60. The number of rotatable bonds is 11. The van der Waals surface area contributed by atoms with E-state index >= 15 is 0 Å². The van der Waals surface area contributed by atoms with Gasteiger partial charge in [-0.3, -0.25) is 9.59 Å². The molecular formula is C30H35ClN2O3. The van der Waals surface area contributed by atoms with Crippen LogP contribution in [-0.4, -0.2) is 35.4 Å². The van der Waals surface area contributed by atoms with Gasteiger partial charge in [0.05, 0.1) is 0 Å². The van der Waals surface area contributed by atoms with Crippen molar-refractivity contribution >= 4 is 23.4 Å². The monoisotopic (exact) mass is 506 g/mol. The highest BCUT2D eigenvalue weighted by molar-refractivity contribution is 6.30. The number of carbonyl (C=O) groups is 2. The van der Waals surface area contributed by atoms with Gasteiger partial charge in [-0.1, -0.05) is 80.0 Å². The summed E-state index contributed by atoms with van der Waals surface area (Å²) >= 11 is 6.07. The lowest BCUT2D eigenvalue weighted by Crippen LogP contribution is -2.52. The van der Waals surface area contributed by atoms with Crippen molar-refractivity contribution in [1.29, 1.82) is 0 Å². The zero-order chi connectivity index (χ0) is 26.1. The van der Waals surface area contributed by atoms with E-state index in [1.807, 2.05) is 80.6 Å². The summed E-state index contributed by atoms with van der Waals surface area (Å²) in [5.74, 6) is 0.564. The molecule has 0 aromatic heterocycles. The molecule has 0 radical (unpaired) electrons. The summed E-state index contributed by atoms with van der Waals surface area (Å²) in [5.41, 5.74) is 3.05. The molecule has 0 spiro atoms. The van der Waals surface area contributed by atoms with Crippen molar-refractivity contribution in [3.8, 4) is 5.75 Å². The molecule has 3 rings (SSSR count). The number of ether oxygens (including phenoxy) is 1. The van der Waals surface area contributed by atoms with Crippen LogP contribution in [0.15, 0.2) is 78.9 Å². The highest BCUT2D eigenvalue weighted by Crippen LogP contribution is 2.20. The van der Waals surface area contributed by atoms with Crippen molar-refractivity contribution in [3.05, 3.63) is 101 Å².